The van der Waals surface area contributed by atoms with E-state index in [4.69, 9.17) is 14.2 Å². The van der Waals surface area contributed by atoms with Crippen molar-refractivity contribution in [3.8, 4) is 0 Å². The number of hydrogen-bond acceptors (Lipinski definition) is 6. The molecule has 0 aromatic heterocycles. The van der Waals surface area contributed by atoms with Crippen LogP contribution in [0.2, 0.25) is 0 Å². The number of carbonyl (C=O) groups excluding carboxylic acids is 3. The van der Waals surface area contributed by atoms with E-state index in [2.05, 4.69) is 130 Å². The van der Waals surface area contributed by atoms with Crippen molar-refractivity contribution in [1.82, 2.24) is 0 Å². The number of hydrogen-bond donors (Lipinski definition) is 0. The first-order chi connectivity index (χ1) is 28.0. The zero-order chi connectivity index (χ0) is 41.5. The molecule has 0 rings (SSSR count). The van der Waals surface area contributed by atoms with E-state index < -0.39 is 6.10 Å². The topological polar surface area (TPSA) is 78.9 Å². The molecule has 0 aromatic carbocycles. The van der Waals surface area contributed by atoms with Gasteiger partial charge in [-0.05, 0) is 109 Å². The summed E-state index contributed by atoms with van der Waals surface area (Å²) in [5.74, 6) is -1.09. The standard InChI is InChI=1S/C51H78O6/c1-4-7-10-13-16-19-22-25-28-31-34-37-40-43-49(52)55-46-48(57-51(54)45-42-39-36-33-30-27-24-21-18-15-12-9-6-3)47-56-50(53)44-41-38-35-32-29-26-23-20-17-14-11-8-5-2/h7-12,16-21,25-30,34,37,48H,4-6,13-15,22-24,31-33,35-36,38-47H2,1-3H3/b10-7-,11-8-,12-9-,19-16-,20-17-,21-18-,28-25-,29-26-,30-27-,37-34-. The van der Waals surface area contributed by atoms with E-state index in [0.717, 1.165) is 109 Å². The number of esters is 3. The number of unbranched alkanes of at least 4 members (excludes halogenated alkanes) is 6. The van der Waals surface area contributed by atoms with E-state index in [1.807, 2.05) is 12.2 Å². The van der Waals surface area contributed by atoms with Gasteiger partial charge in [0.05, 0.1) is 0 Å². The van der Waals surface area contributed by atoms with E-state index >= 15 is 0 Å². The molecule has 6 nitrogen and oxygen atoms in total. The summed E-state index contributed by atoms with van der Waals surface area (Å²) < 4.78 is 16.6. The molecule has 1 atom stereocenters. The van der Waals surface area contributed by atoms with Gasteiger partial charge in [0.1, 0.15) is 13.2 Å². The molecule has 0 bridgehead atoms. The second-order valence-corrected chi connectivity index (χ2v) is 13.8. The number of rotatable bonds is 37. The summed E-state index contributed by atoms with van der Waals surface area (Å²) in [4.78, 5) is 37.7. The number of carbonyl (C=O) groups is 3. The van der Waals surface area contributed by atoms with Crippen LogP contribution in [0.5, 0.6) is 0 Å². The van der Waals surface area contributed by atoms with E-state index in [-0.39, 0.29) is 44.0 Å². The quantitative estimate of drug-likeness (QED) is 0.0270. The molecule has 0 saturated carbocycles. The molecule has 57 heavy (non-hydrogen) atoms. The molecule has 0 aliphatic rings. The number of ether oxygens (including phenoxy) is 3. The van der Waals surface area contributed by atoms with Crippen LogP contribution in [0.15, 0.2) is 122 Å². The molecular formula is C51H78O6. The van der Waals surface area contributed by atoms with Gasteiger partial charge in [-0.1, -0.05) is 155 Å². The van der Waals surface area contributed by atoms with E-state index in [1.165, 1.54) is 0 Å². The molecule has 0 amide bonds. The van der Waals surface area contributed by atoms with Crippen molar-refractivity contribution in [2.75, 3.05) is 13.2 Å². The van der Waals surface area contributed by atoms with Gasteiger partial charge >= 0.3 is 17.9 Å². The maximum absolute atomic E-state index is 12.7. The Morgan fingerprint density at radius 3 is 1.05 bits per heavy atom. The fraction of sp³-hybridized carbons (Fsp3) is 0.549. The van der Waals surface area contributed by atoms with Gasteiger partial charge in [0.25, 0.3) is 0 Å². The van der Waals surface area contributed by atoms with Gasteiger partial charge in [0, 0.05) is 19.3 Å². The van der Waals surface area contributed by atoms with Crippen molar-refractivity contribution in [3.63, 3.8) is 0 Å². The van der Waals surface area contributed by atoms with Crippen LogP contribution in [-0.2, 0) is 28.6 Å². The minimum atomic E-state index is -0.835. The van der Waals surface area contributed by atoms with E-state index in [9.17, 15) is 14.4 Å². The lowest BCUT2D eigenvalue weighted by Crippen LogP contribution is -2.30. The highest BCUT2D eigenvalue weighted by Gasteiger charge is 2.19. The molecule has 6 heteroatoms. The molecule has 0 saturated heterocycles. The Morgan fingerprint density at radius 2 is 0.667 bits per heavy atom. The minimum absolute atomic E-state index is 0.132. The molecule has 0 N–H and O–H groups in total. The summed E-state index contributed by atoms with van der Waals surface area (Å²) >= 11 is 0. The second-order valence-electron chi connectivity index (χ2n) is 13.8. The molecule has 0 aliphatic carbocycles. The molecule has 0 aromatic rings. The molecular weight excluding hydrogens is 709 g/mol. The Bertz CT molecular complexity index is 1270. The minimum Gasteiger partial charge on any atom is -0.462 e. The van der Waals surface area contributed by atoms with Gasteiger partial charge < -0.3 is 14.2 Å². The molecule has 0 aliphatic heterocycles. The van der Waals surface area contributed by atoms with Crippen LogP contribution in [0.1, 0.15) is 162 Å². The third kappa shape index (κ3) is 42.8. The first-order valence-electron chi connectivity index (χ1n) is 22.0. The third-order valence-corrected chi connectivity index (χ3v) is 8.46. The summed E-state index contributed by atoms with van der Waals surface area (Å²) in [5, 5.41) is 0. The SMILES string of the molecule is CC/C=C\C/C=C\C/C=C\C/C=C\CCC(=O)OCC(COC(=O)CCCCC/C=C\C/C=C\C/C=C\CC)OC(=O)CCCCC/C=C\C/C=C\C/C=C\CC. The monoisotopic (exact) mass is 787 g/mol. The van der Waals surface area contributed by atoms with Crippen molar-refractivity contribution < 1.29 is 28.6 Å². The summed E-state index contributed by atoms with van der Waals surface area (Å²) in [7, 11) is 0. The molecule has 0 heterocycles. The Labute approximate surface area is 348 Å². The van der Waals surface area contributed by atoms with Gasteiger partial charge in [-0.25, -0.2) is 0 Å². The first-order valence-corrected chi connectivity index (χ1v) is 22.0. The largest absolute Gasteiger partial charge is 0.462 e. The first kappa shape index (κ1) is 52.8. The Balaban J connectivity index is 4.61. The lowest BCUT2D eigenvalue weighted by Gasteiger charge is -2.18. The van der Waals surface area contributed by atoms with Crippen molar-refractivity contribution >= 4 is 17.9 Å². The van der Waals surface area contributed by atoms with Crippen LogP contribution in [-0.4, -0.2) is 37.2 Å². The maximum atomic E-state index is 12.7. The van der Waals surface area contributed by atoms with Gasteiger partial charge in [-0.15, -0.1) is 0 Å². The van der Waals surface area contributed by atoms with Crippen molar-refractivity contribution in [2.24, 2.45) is 0 Å². The fourth-order valence-electron chi connectivity index (χ4n) is 5.25. The Kier molecular flexibility index (Phi) is 41.3. The maximum Gasteiger partial charge on any atom is 0.306 e. The molecule has 1 unspecified atom stereocenters. The van der Waals surface area contributed by atoms with Gasteiger partial charge in [0.2, 0.25) is 0 Å². The molecule has 0 radical (unpaired) electrons. The fourth-order valence-corrected chi connectivity index (χ4v) is 5.25. The summed E-state index contributed by atoms with van der Waals surface area (Å²) in [6, 6.07) is 0. The Hall–Kier alpha value is -4.19. The predicted octanol–water partition coefficient (Wildman–Crippen LogP) is 14.2. The van der Waals surface area contributed by atoms with E-state index in [1.54, 1.807) is 0 Å². The zero-order valence-electron chi connectivity index (χ0n) is 36.0. The van der Waals surface area contributed by atoms with Crippen molar-refractivity contribution in [1.29, 1.82) is 0 Å². The third-order valence-electron chi connectivity index (χ3n) is 8.46. The van der Waals surface area contributed by atoms with Crippen LogP contribution in [0.4, 0.5) is 0 Å². The zero-order valence-corrected chi connectivity index (χ0v) is 36.0. The summed E-state index contributed by atoms with van der Waals surface area (Å²) in [5.41, 5.74) is 0. The normalized spacial score (nSPS) is 13.2. The molecule has 0 spiro atoms. The summed E-state index contributed by atoms with van der Waals surface area (Å²) in [6.07, 6.45) is 60.5. The lowest BCUT2D eigenvalue weighted by atomic mass is 10.1. The van der Waals surface area contributed by atoms with Gasteiger partial charge in [-0.3, -0.25) is 14.4 Å². The summed E-state index contributed by atoms with van der Waals surface area (Å²) in [6.45, 7) is 6.13. The predicted molar refractivity (Wildman–Crippen MR) is 242 cm³/mol. The van der Waals surface area contributed by atoms with Gasteiger partial charge in [0.15, 0.2) is 6.10 Å². The van der Waals surface area contributed by atoms with Crippen LogP contribution in [0.25, 0.3) is 0 Å². The molecule has 0 fully saturated rings. The average molecular weight is 787 g/mol. The van der Waals surface area contributed by atoms with E-state index in [0.29, 0.717) is 19.3 Å². The van der Waals surface area contributed by atoms with Crippen LogP contribution in [0.3, 0.4) is 0 Å². The highest BCUT2D eigenvalue weighted by molar-refractivity contribution is 5.71. The highest BCUT2D eigenvalue weighted by atomic mass is 16.6. The number of allylic oxidation sites excluding steroid dienone is 20. The van der Waals surface area contributed by atoms with Crippen LogP contribution in [0, 0.1) is 0 Å². The highest BCUT2D eigenvalue weighted by Crippen LogP contribution is 2.10. The second kappa shape index (κ2) is 44.5. The molecule has 318 valence electrons. The lowest BCUT2D eigenvalue weighted by molar-refractivity contribution is -0.166. The van der Waals surface area contributed by atoms with Crippen molar-refractivity contribution in [3.05, 3.63) is 122 Å². The van der Waals surface area contributed by atoms with Crippen molar-refractivity contribution in [2.45, 2.75) is 168 Å². The van der Waals surface area contributed by atoms with Crippen LogP contribution >= 0.6 is 0 Å². The van der Waals surface area contributed by atoms with Gasteiger partial charge in [-0.2, -0.15) is 0 Å². The average Bonchev–Trinajstić information content (AvgIpc) is 3.21. The smallest absolute Gasteiger partial charge is 0.306 e. The van der Waals surface area contributed by atoms with Crippen LogP contribution < -0.4 is 0 Å². The Morgan fingerprint density at radius 1 is 0.351 bits per heavy atom.